The van der Waals surface area contributed by atoms with Gasteiger partial charge in [-0.3, -0.25) is 10.1 Å². The zero-order valence-corrected chi connectivity index (χ0v) is 11.8. The first kappa shape index (κ1) is 15.6. The molecule has 19 heavy (non-hydrogen) atoms. The summed E-state index contributed by atoms with van der Waals surface area (Å²) in [7, 11) is 0. The maximum atomic E-state index is 11.0. The smallest absolute Gasteiger partial charge is 0.332 e. The molecule has 1 rings (SSSR count). The van der Waals surface area contributed by atoms with Crippen LogP contribution in [0.1, 0.15) is 26.0 Å². The molecule has 0 saturated heterocycles. The Bertz CT molecular complexity index is 467. The van der Waals surface area contributed by atoms with Gasteiger partial charge in [-0.1, -0.05) is 13.8 Å². The minimum absolute atomic E-state index is 0.0437. The Morgan fingerprint density at radius 3 is 2.58 bits per heavy atom. The third kappa shape index (κ3) is 4.29. The van der Waals surface area contributed by atoms with Crippen LogP contribution < -0.4 is 5.32 Å². The average Bonchev–Trinajstić information content (AvgIpc) is 2.25. The summed E-state index contributed by atoms with van der Waals surface area (Å²) in [5, 5.41) is 23.1. The molecule has 0 spiro atoms. The van der Waals surface area contributed by atoms with Gasteiger partial charge >= 0.3 is 5.69 Å². The summed E-state index contributed by atoms with van der Waals surface area (Å²) in [6, 6.07) is -0.316. The molecular formula is C11H17ClN4O3. The number of nitrogens with one attached hydrogen (secondary N) is 1. The molecule has 0 bridgehead atoms. The van der Waals surface area contributed by atoms with Crippen molar-refractivity contribution in [2.24, 2.45) is 5.92 Å². The van der Waals surface area contributed by atoms with Crippen LogP contribution in [0.15, 0.2) is 0 Å². The second-order valence-corrected chi connectivity index (χ2v) is 5.02. The van der Waals surface area contributed by atoms with Crippen molar-refractivity contribution in [3.63, 3.8) is 0 Å². The number of rotatable bonds is 6. The fourth-order valence-corrected chi connectivity index (χ4v) is 2.00. The van der Waals surface area contributed by atoms with E-state index in [1.165, 1.54) is 6.92 Å². The summed E-state index contributed by atoms with van der Waals surface area (Å²) in [6.07, 6.45) is 0.661. The Morgan fingerprint density at radius 1 is 1.47 bits per heavy atom. The predicted octanol–water partition coefficient (Wildman–Crippen LogP) is 2.17. The molecular weight excluding hydrogens is 272 g/mol. The number of aromatic nitrogens is 2. The van der Waals surface area contributed by atoms with E-state index >= 15 is 0 Å². The van der Waals surface area contributed by atoms with E-state index in [2.05, 4.69) is 15.3 Å². The van der Waals surface area contributed by atoms with Crippen molar-refractivity contribution in [2.75, 3.05) is 11.9 Å². The van der Waals surface area contributed by atoms with Gasteiger partial charge in [-0.05, 0) is 30.9 Å². The lowest BCUT2D eigenvalue weighted by Crippen LogP contribution is -2.27. The van der Waals surface area contributed by atoms with Crippen LogP contribution in [0.4, 0.5) is 11.5 Å². The standard InChI is InChI=1S/C11H17ClN4O3/c1-6(2)4-8(5-17)14-10-9(16(18)19)7(3)13-11(12)15-10/h6,8,17H,4-5H2,1-3H3,(H,13,14,15). The van der Waals surface area contributed by atoms with Crippen LogP contribution in [0.2, 0.25) is 5.28 Å². The Hall–Kier alpha value is -1.47. The first-order valence-corrected chi connectivity index (χ1v) is 6.28. The number of halogens is 1. The highest BCUT2D eigenvalue weighted by molar-refractivity contribution is 6.28. The van der Waals surface area contributed by atoms with Gasteiger partial charge in [0.05, 0.1) is 17.6 Å². The lowest BCUT2D eigenvalue weighted by molar-refractivity contribution is -0.385. The van der Waals surface area contributed by atoms with Gasteiger partial charge in [0.15, 0.2) is 0 Å². The molecule has 2 N–H and O–H groups in total. The summed E-state index contributed by atoms with van der Waals surface area (Å²) in [5.74, 6) is 0.379. The van der Waals surface area contributed by atoms with Crippen molar-refractivity contribution < 1.29 is 10.0 Å². The topological polar surface area (TPSA) is 101 Å². The van der Waals surface area contributed by atoms with Crippen LogP contribution in [0.5, 0.6) is 0 Å². The molecule has 0 aromatic carbocycles. The summed E-state index contributed by atoms with van der Waals surface area (Å²) in [6.45, 7) is 5.34. The van der Waals surface area contributed by atoms with Crippen LogP contribution in [0, 0.1) is 23.0 Å². The highest BCUT2D eigenvalue weighted by atomic mass is 35.5. The Morgan fingerprint density at radius 2 is 2.11 bits per heavy atom. The van der Waals surface area contributed by atoms with E-state index < -0.39 is 4.92 Å². The van der Waals surface area contributed by atoms with E-state index in [0.29, 0.717) is 12.3 Å². The van der Waals surface area contributed by atoms with Gasteiger partial charge in [-0.15, -0.1) is 0 Å². The lowest BCUT2D eigenvalue weighted by Gasteiger charge is -2.18. The first-order valence-electron chi connectivity index (χ1n) is 5.91. The molecule has 7 nitrogen and oxygen atoms in total. The van der Waals surface area contributed by atoms with Crippen LogP contribution in [-0.2, 0) is 0 Å². The van der Waals surface area contributed by atoms with E-state index in [0.717, 1.165) is 0 Å². The van der Waals surface area contributed by atoms with Gasteiger partial charge in [0, 0.05) is 0 Å². The molecule has 106 valence electrons. The quantitative estimate of drug-likeness (QED) is 0.472. The molecule has 0 amide bonds. The van der Waals surface area contributed by atoms with Gasteiger partial charge in [-0.2, -0.15) is 4.98 Å². The molecule has 0 saturated carbocycles. The fraction of sp³-hybridized carbons (Fsp3) is 0.636. The van der Waals surface area contributed by atoms with Crippen molar-refractivity contribution in [1.29, 1.82) is 0 Å². The van der Waals surface area contributed by atoms with E-state index in [1.54, 1.807) is 0 Å². The summed E-state index contributed by atoms with van der Waals surface area (Å²) in [5.41, 5.74) is -0.0275. The number of nitro groups is 1. The van der Waals surface area contributed by atoms with Crippen LogP contribution in [-0.4, -0.2) is 32.6 Å². The Balaban J connectivity index is 3.07. The number of aliphatic hydroxyl groups is 1. The summed E-state index contributed by atoms with van der Waals surface area (Å²) < 4.78 is 0. The number of anilines is 1. The molecule has 0 radical (unpaired) electrons. The largest absolute Gasteiger partial charge is 0.394 e. The van der Waals surface area contributed by atoms with Gasteiger partial charge in [0.2, 0.25) is 11.1 Å². The van der Waals surface area contributed by atoms with E-state index in [4.69, 9.17) is 11.6 Å². The zero-order chi connectivity index (χ0) is 14.6. The Kier molecular flexibility index (Phi) is 5.44. The van der Waals surface area contributed by atoms with Crippen molar-refractivity contribution in [3.05, 3.63) is 21.1 Å². The van der Waals surface area contributed by atoms with Crippen LogP contribution >= 0.6 is 11.6 Å². The molecule has 1 heterocycles. The molecule has 0 aliphatic carbocycles. The SMILES string of the molecule is Cc1nc(Cl)nc(NC(CO)CC(C)C)c1[N+](=O)[O-]. The third-order valence-corrected chi connectivity index (χ3v) is 2.70. The highest BCUT2D eigenvalue weighted by Crippen LogP contribution is 2.27. The maximum Gasteiger partial charge on any atom is 0.332 e. The molecule has 1 aromatic rings. The molecule has 1 unspecified atom stereocenters. The normalized spacial score (nSPS) is 12.5. The minimum atomic E-state index is -0.558. The molecule has 0 fully saturated rings. The minimum Gasteiger partial charge on any atom is -0.394 e. The van der Waals surface area contributed by atoms with Gasteiger partial charge < -0.3 is 10.4 Å². The summed E-state index contributed by atoms with van der Waals surface area (Å²) >= 11 is 5.71. The average molecular weight is 289 g/mol. The second-order valence-electron chi connectivity index (χ2n) is 4.69. The van der Waals surface area contributed by atoms with Crippen molar-refractivity contribution in [2.45, 2.75) is 33.2 Å². The van der Waals surface area contributed by atoms with Crippen LogP contribution in [0.3, 0.4) is 0 Å². The molecule has 0 aliphatic rings. The van der Waals surface area contributed by atoms with E-state index in [1.807, 2.05) is 13.8 Å². The molecule has 0 aliphatic heterocycles. The summed E-state index contributed by atoms with van der Waals surface area (Å²) in [4.78, 5) is 18.1. The van der Waals surface area contributed by atoms with E-state index in [-0.39, 0.29) is 35.1 Å². The lowest BCUT2D eigenvalue weighted by atomic mass is 10.0. The van der Waals surface area contributed by atoms with Crippen molar-refractivity contribution >= 4 is 23.1 Å². The Labute approximate surface area is 116 Å². The number of nitrogens with zero attached hydrogens (tertiary/aromatic N) is 3. The fourth-order valence-electron chi connectivity index (χ4n) is 1.79. The van der Waals surface area contributed by atoms with Crippen LogP contribution in [0.25, 0.3) is 0 Å². The monoisotopic (exact) mass is 288 g/mol. The third-order valence-electron chi connectivity index (χ3n) is 2.53. The molecule has 8 heteroatoms. The number of hydrogen-bond acceptors (Lipinski definition) is 6. The molecule has 1 aromatic heterocycles. The first-order chi connectivity index (χ1) is 8.85. The number of aliphatic hydroxyl groups excluding tert-OH is 1. The number of hydrogen-bond donors (Lipinski definition) is 2. The van der Waals surface area contributed by atoms with Crippen molar-refractivity contribution in [3.8, 4) is 0 Å². The van der Waals surface area contributed by atoms with E-state index in [9.17, 15) is 15.2 Å². The maximum absolute atomic E-state index is 11.0. The number of aryl methyl sites for hydroxylation is 1. The predicted molar refractivity (Wildman–Crippen MR) is 72.4 cm³/mol. The van der Waals surface area contributed by atoms with Gasteiger partial charge in [0.25, 0.3) is 0 Å². The van der Waals surface area contributed by atoms with Gasteiger partial charge in [-0.25, -0.2) is 4.98 Å². The highest BCUT2D eigenvalue weighted by Gasteiger charge is 2.23. The van der Waals surface area contributed by atoms with Gasteiger partial charge in [0.1, 0.15) is 5.69 Å². The zero-order valence-electron chi connectivity index (χ0n) is 11.1. The second kappa shape index (κ2) is 6.63. The molecule has 1 atom stereocenters. The van der Waals surface area contributed by atoms with Crippen molar-refractivity contribution in [1.82, 2.24) is 9.97 Å².